The van der Waals surface area contributed by atoms with E-state index in [0.29, 0.717) is 11.1 Å². The van der Waals surface area contributed by atoms with Crippen LogP contribution in [0.5, 0.6) is 0 Å². The van der Waals surface area contributed by atoms with Gasteiger partial charge in [0.2, 0.25) is 5.17 Å². The monoisotopic (exact) mass is 423 g/mol. The van der Waals surface area contributed by atoms with E-state index in [1.807, 2.05) is 24.5 Å². The maximum absolute atomic E-state index is 13.3. The number of thioether (sulfide) groups is 1. The van der Waals surface area contributed by atoms with Crippen molar-refractivity contribution in [2.45, 2.75) is 34.1 Å². The largest absolute Gasteiger partial charge is 0.318 e. The Morgan fingerprint density at radius 2 is 1.93 bits per heavy atom. The minimum absolute atomic E-state index is 0.0304. The zero-order chi connectivity index (χ0) is 21.6. The van der Waals surface area contributed by atoms with Gasteiger partial charge in [-0.3, -0.25) is 10.2 Å². The number of amidine groups is 2. The summed E-state index contributed by atoms with van der Waals surface area (Å²) >= 11 is 1.35. The Balaban J connectivity index is 1.70. The van der Waals surface area contributed by atoms with Gasteiger partial charge in [-0.15, -0.1) is 0 Å². The van der Waals surface area contributed by atoms with Gasteiger partial charge in [0, 0.05) is 23.5 Å². The molecule has 1 aromatic heterocycles. The number of benzene rings is 1. The number of aryl methyl sites for hydroxylation is 1. The molecule has 0 radical (unpaired) electrons. The maximum Gasteiger partial charge on any atom is 0.283 e. The molecule has 0 fully saturated rings. The van der Waals surface area contributed by atoms with Crippen molar-refractivity contribution in [3.63, 3.8) is 0 Å². The van der Waals surface area contributed by atoms with Gasteiger partial charge in [-0.1, -0.05) is 13.8 Å². The molecule has 8 heteroatoms. The average molecular weight is 424 g/mol. The highest BCUT2D eigenvalue weighted by molar-refractivity contribution is 8.26. The Kier molecular flexibility index (Phi) is 5.19. The summed E-state index contributed by atoms with van der Waals surface area (Å²) in [5.74, 6) is -0.275. The molecule has 0 bridgehead atoms. The fourth-order valence-electron chi connectivity index (χ4n) is 3.54. The Morgan fingerprint density at radius 1 is 1.23 bits per heavy atom. The summed E-state index contributed by atoms with van der Waals surface area (Å²) in [5, 5.41) is 15.8. The van der Waals surface area contributed by atoms with Crippen LogP contribution in [0.1, 0.15) is 37.2 Å². The molecular formula is C22H22FN5OS. The number of aromatic nitrogens is 1. The molecule has 1 aromatic carbocycles. The number of carbonyl (C=O) groups excluding carboxylic acids is 1. The fourth-order valence-corrected chi connectivity index (χ4v) is 4.64. The second kappa shape index (κ2) is 7.68. The van der Waals surface area contributed by atoms with Gasteiger partial charge in [-0.2, -0.15) is 15.1 Å². The van der Waals surface area contributed by atoms with Crippen molar-refractivity contribution in [2.75, 3.05) is 0 Å². The van der Waals surface area contributed by atoms with Crippen LogP contribution in [0.2, 0.25) is 0 Å². The van der Waals surface area contributed by atoms with Gasteiger partial charge in [0.25, 0.3) is 5.91 Å². The second-order valence-electron chi connectivity index (χ2n) is 7.75. The normalized spacial score (nSPS) is 17.7. The van der Waals surface area contributed by atoms with Crippen molar-refractivity contribution in [3.05, 3.63) is 58.7 Å². The molecule has 4 rings (SSSR count). The number of hydrogen-bond donors (Lipinski definition) is 1. The molecule has 154 valence electrons. The van der Waals surface area contributed by atoms with E-state index in [-0.39, 0.29) is 17.2 Å². The first-order valence-corrected chi connectivity index (χ1v) is 10.5. The van der Waals surface area contributed by atoms with Crippen LogP contribution in [-0.4, -0.2) is 31.5 Å². The molecule has 0 aliphatic carbocycles. The number of amides is 1. The van der Waals surface area contributed by atoms with E-state index in [2.05, 4.69) is 23.9 Å². The zero-order valence-corrected chi connectivity index (χ0v) is 18.0. The summed E-state index contributed by atoms with van der Waals surface area (Å²) in [6.07, 6.45) is 2.47. The number of carbonyl (C=O) groups is 1. The number of aliphatic imine (C=N–C) groups is 1. The Labute approximate surface area is 178 Å². The van der Waals surface area contributed by atoms with E-state index in [1.165, 1.54) is 28.9 Å². The molecule has 0 saturated heterocycles. The van der Waals surface area contributed by atoms with Crippen LogP contribution < -0.4 is 0 Å². The third kappa shape index (κ3) is 3.63. The molecule has 2 aliphatic rings. The summed E-state index contributed by atoms with van der Waals surface area (Å²) in [6.45, 7) is 8.07. The molecule has 0 saturated carbocycles. The first kappa shape index (κ1) is 20.3. The molecular weight excluding hydrogens is 401 g/mol. The lowest BCUT2D eigenvalue weighted by atomic mass is 10.1. The molecule has 3 heterocycles. The van der Waals surface area contributed by atoms with Crippen LogP contribution >= 0.6 is 11.8 Å². The van der Waals surface area contributed by atoms with Gasteiger partial charge in [0.05, 0.1) is 5.57 Å². The smallest absolute Gasteiger partial charge is 0.283 e. The summed E-state index contributed by atoms with van der Waals surface area (Å²) in [6, 6.07) is 8.20. The minimum atomic E-state index is -0.439. The summed E-state index contributed by atoms with van der Waals surface area (Å²) in [4.78, 5) is 16.8. The van der Waals surface area contributed by atoms with Crippen LogP contribution in [0.25, 0.3) is 11.8 Å². The third-order valence-electron chi connectivity index (χ3n) is 4.93. The van der Waals surface area contributed by atoms with Crippen molar-refractivity contribution in [1.29, 1.82) is 5.41 Å². The Hall–Kier alpha value is -3.00. The second-order valence-corrected chi connectivity index (χ2v) is 8.79. The van der Waals surface area contributed by atoms with E-state index in [9.17, 15) is 9.18 Å². The van der Waals surface area contributed by atoms with Crippen LogP contribution in [0.4, 0.5) is 4.39 Å². The highest BCUT2D eigenvalue weighted by atomic mass is 32.2. The Morgan fingerprint density at radius 3 is 2.60 bits per heavy atom. The lowest BCUT2D eigenvalue weighted by Gasteiger charge is -2.20. The van der Waals surface area contributed by atoms with E-state index in [1.54, 1.807) is 18.2 Å². The number of hydrazone groups is 1. The van der Waals surface area contributed by atoms with Crippen LogP contribution in [0.3, 0.4) is 0 Å². The maximum atomic E-state index is 13.3. The first-order chi connectivity index (χ1) is 14.2. The molecule has 1 amide bonds. The van der Waals surface area contributed by atoms with Gasteiger partial charge in [0.1, 0.15) is 10.9 Å². The van der Waals surface area contributed by atoms with Crippen molar-refractivity contribution < 1.29 is 9.18 Å². The number of fused-ring (bicyclic) bond motifs is 1. The van der Waals surface area contributed by atoms with E-state index in [0.717, 1.165) is 34.1 Å². The first-order valence-electron chi connectivity index (χ1n) is 9.68. The van der Waals surface area contributed by atoms with E-state index < -0.39 is 5.91 Å². The van der Waals surface area contributed by atoms with Gasteiger partial charge in [-0.25, -0.2) is 4.39 Å². The third-order valence-corrected chi connectivity index (χ3v) is 5.86. The molecule has 2 aromatic rings. The number of rotatable bonds is 4. The van der Waals surface area contributed by atoms with Crippen LogP contribution in [-0.2, 0) is 4.79 Å². The summed E-state index contributed by atoms with van der Waals surface area (Å²) in [7, 11) is 0. The average Bonchev–Trinajstić information content (AvgIpc) is 3.19. The zero-order valence-electron chi connectivity index (χ0n) is 17.2. The summed E-state index contributed by atoms with van der Waals surface area (Å²) in [5.41, 5.74) is 3.68. The molecule has 0 atom stereocenters. The molecule has 0 unspecified atom stereocenters. The number of hydrogen-bond acceptors (Lipinski definition) is 4. The highest BCUT2D eigenvalue weighted by Crippen LogP contribution is 2.31. The number of nitrogens with one attached hydrogen (secondary N) is 1. The van der Waals surface area contributed by atoms with Crippen LogP contribution in [0.15, 0.2) is 46.0 Å². The lowest BCUT2D eigenvalue weighted by Crippen LogP contribution is -2.35. The van der Waals surface area contributed by atoms with Gasteiger partial charge < -0.3 is 4.57 Å². The lowest BCUT2D eigenvalue weighted by molar-refractivity contribution is -0.114. The van der Waals surface area contributed by atoms with Crippen LogP contribution in [0, 0.1) is 31.0 Å². The molecule has 0 spiro atoms. The van der Waals surface area contributed by atoms with Crippen molar-refractivity contribution in [3.8, 4) is 5.69 Å². The fraction of sp³-hybridized carbons (Fsp3) is 0.273. The topological polar surface area (TPSA) is 73.8 Å². The molecule has 2 aliphatic heterocycles. The van der Waals surface area contributed by atoms with Crippen molar-refractivity contribution >= 4 is 39.8 Å². The quantitative estimate of drug-likeness (QED) is 0.711. The predicted molar refractivity (Wildman–Crippen MR) is 120 cm³/mol. The molecule has 6 nitrogen and oxygen atoms in total. The highest BCUT2D eigenvalue weighted by Gasteiger charge is 2.35. The SMILES string of the molecule is Cc1cc(/C=C2\C(=N)N3N=C(CC(C)C)SC3=NC2=O)c(C)n1-c1ccc(F)cc1. The van der Waals surface area contributed by atoms with Crippen molar-refractivity contribution in [1.82, 2.24) is 9.58 Å². The van der Waals surface area contributed by atoms with Gasteiger partial charge in [0.15, 0.2) is 5.84 Å². The van der Waals surface area contributed by atoms with Gasteiger partial charge >= 0.3 is 0 Å². The standard InChI is InChI=1S/C22H22FN5OS/c1-12(2)9-19-26-28-20(24)18(21(29)25-22(28)30-19)11-15-10-13(3)27(14(15)4)17-7-5-16(23)6-8-17/h5-8,10-12,24H,9H2,1-4H3/b18-11+,24-20?. The predicted octanol–water partition coefficient (Wildman–Crippen LogP) is 4.90. The molecule has 1 N–H and O–H groups in total. The summed E-state index contributed by atoms with van der Waals surface area (Å²) < 4.78 is 15.3. The number of halogens is 1. The number of nitrogens with zero attached hydrogens (tertiary/aromatic N) is 4. The Bertz CT molecular complexity index is 1140. The minimum Gasteiger partial charge on any atom is -0.318 e. The van der Waals surface area contributed by atoms with Gasteiger partial charge in [-0.05, 0) is 73.5 Å². The molecule has 30 heavy (non-hydrogen) atoms. The van der Waals surface area contributed by atoms with E-state index in [4.69, 9.17) is 5.41 Å². The van der Waals surface area contributed by atoms with E-state index >= 15 is 0 Å². The van der Waals surface area contributed by atoms with Crippen molar-refractivity contribution in [2.24, 2.45) is 16.0 Å².